The van der Waals surface area contributed by atoms with Crippen molar-refractivity contribution in [3.8, 4) is 0 Å². The van der Waals surface area contributed by atoms with Crippen LogP contribution in [-0.4, -0.2) is 24.6 Å². The first-order valence-corrected chi connectivity index (χ1v) is 4.84. The zero-order valence-corrected chi connectivity index (χ0v) is 8.44. The second-order valence-electron chi connectivity index (χ2n) is 3.60. The summed E-state index contributed by atoms with van der Waals surface area (Å²) in [7, 11) is 1.67. The van der Waals surface area contributed by atoms with Gasteiger partial charge in [-0.2, -0.15) is 0 Å². The molecule has 0 radical (unpaired) electrons. The summed E-state index contributed by atoms with van der Waals surface area (Å²) in [5, 5.41) is 0. The van der Waals surface area contributed by atoms with E-state index in [-0.39, 0.29) is 5.82 Å². The van der Waals surface area contributed by atoms with Gasteiger partial charge in [0, 0.05) is 25.6 Å². The van der Waals surface area contributed by atoms with Gasteiger partial charge in [-0.3, -0.25) is 0 Å². The summed E-state index contributed by atoms with van der Waals surface area (Å²) in [5.74, 6) is -0.320. The fourth-order valence-corrected chi connectivity index (χ4v) is 1.63. The van der Waals surface area contributed by atoms with Crippen LogP contribution >= 0.6 is 0 Å². The first-order valence-electron chi connectivity index (χ1n) is 4.84. The van der Waals surface area contributed by atoms with Crippen LogP contribution in [0.4, 0.5) is 9.18 Å². The molecule has 1 aliphatic heterocycles. The van der Waals surface area contributed by atoms with Crippen molar-refractivity contribution in [3.05, 3.63) is 35.6 Å². The Labute approximate surface area is 87.5 Å². The topological polar surface area (TPSA) is 29.5 Å². The van der Waals surface area contributed by atoms with Gasteiger partial charge < -0.3 is 9.64 Å². The molecular weight excluding hydrogens is 197 g/mol. The lowest BCUT2D eigenvalue weighted by Crippen LogP contribution is -2.36. The molecule has 1 aromatic carbocycles. The summed E-state index contributed by atoms with van der Waals surface area (Å²) in [6.07, 6.45) is -0.215. The van der Waals surface area contributed by atoms with E-state index in [1.54, 1.807) is 25.2 Å². The third kappa shape index (κ3) is 1.93. The van der Waals surface area contributed by atoms with Gasteiger partial charge in [-0.1, -0.05) is 18.2 Å². The number of amides is 1. The fourth-order valence-electron chi connectivity index (χ4n) is 1.63. The number of hydrogen-bond donors (Lipinski definition) is 0. The van der Waals surface area contributed by atoms with Gasteiger partial charge in [0.15, 0.2) is 0 Å². The molecule has 0 bridgehead atoms. The van der Waals surface area contributed by atoms with Crippen molar-refractivity contribution in [2.75, 3.05) is 13.6 Å². The summed E-state index contributed by atoms with van der Waals surface area (Å²) in [5.41, 5.74) is 0.457. The van der Waals surface area contributed by atoms with Crippen molar-refractivity contribution < 1.29 is 13.9 Å². The van der Waals surface area contributed by atoms with E-state index in [2.05, 4.69) is 0 Å². The Hall–Kier alpha value is -1.58. The predicted molar refractivity (Wildman–Crippen MR) is 52.9 cm³/mol. The van der Waals surface area contributed by atoms with E-state index in [4.69, 9.17) is 4.74 Å². The number of halogens is 1. The Morgan fingerprint density at radius 3 is 2.87 bits per heavy atom. The van der Waals surface area contributed by atoms with Gasteiger partial charge in [0.1, 0.15) is 11.9 Å². The molecule has 0 unspecified atom stereocenters. The maximum atomic E-state index is 13.4. The molecule has 15 heavy (non-hydrogen) atoms. The molecule has 1 aromatic rings. The van der Waals surface area contributed by atoms with E-state index in [0.717, 1.165) is 0 Å². The normalized spacial score (nSPS) is 21.3. The zero-order chi connectivity index (χ0) is 10.8. The lowest BCUT2D eigenvalue weighted by molar-refractivity contribution is 0.0309. The first-order chi connectivity index (χ1) is 7.18. The Morgan fingerprint density at radius 1 is 1.47 bits per heavy atom. The van der Waals surface area contributed by atoms with Crippen LogP contribution in [0.2, 0.25) is 0 Å². The highest BCUT2D eigenvalue weighted by molar-refractivity contribution is 5.68. The minimum Gasteiger partial charge on any atom is -0.441 e. The Balaban J connectivity index is 2.19. The summed E-state index contributed by atoms with van der Waals surface area (Å²) in [4.78, 5) is 12.8. The second-order valence-corrected chi connectivity index (χ2v) is 3.60. The maximum absolute atomic E-state index is 13.4. The van der Waals surface area contributed by atoms with Crippen molar-refractivity contribution in [1.82, 2.24) is 4.90 Å². The zero-order valence-electron chi connectivity index (χ0n) is 8.44. The summed E-state index contributed by atoms with van der Waals surface area (Å²) >= 11 is 0. The van der Waals surface area contributed by atoms with Crippen LogP contribution in [0.5, 0.6) is 0 Å². The van der Waals surface area contributed by atoms with Crippen molar-refractivity contribution >= 4 is 6.09 Å². The van der Waals surface area contributed by atoms with Gasteiger partial charge in [-0.15, -0.1) is 0 Å². The Kier molecular flexibility index (Phi) is 2.58. The van der Waals surface area contributed by atoms with E-state index in [1.165, 1.54) is 11.0 Å². The van der Waals surface area contributed by atoms with Crippen LogP contribution in [-0.2, 0) is 4.74 Å². The summed E-state index contributed by atoms with van der Waals surface area (Å²) < 4.78 is 18.5. The number of carbonyl (C=O) groups is 1. The lowest BCUT2D eigenvalue weighted by atomic mass is 10.0. The molecule has 80 valence electrons. The van der Waals surface area contributed by atoms with E-state index < -0.39 is 12.2 Å². The molecule has 1 aliphatic rings. The maximum Gasteiger partial charge on any atom is 0.410 e. The van der Waals surface area contributed by atoms with E-state index in [9.17, 15) is 9.18 Å². The van der Waals surface area contributed by atoms with Crippen LogP contribution < -0.4 is 0 Å². The van der Waals surface area contributed by atoms with E-state index >= 15 is 0 Å². The number of hydrogen-bond acceptors (Lipinski definition) is 2. The Morgan fingerprint density at radius 2 is 2.20 bits per heavy atom. The van der Waals surface area contributed by atoms with E-state index in [1.807, 2.05) is 0 Å². The molecule has 4 heteroatoms. The third-order valence-electron chi connectivity index (χ3n) is 2.53. The number of benzene rings is 1. The molecule has 1 amide bonds. The molecule has 1 atom stereocenters. The highest BCUT2D eigenvalue weighted by Crippen LogP contribution is 2.27. The quantitative estimate of drug-likeness (QED) is 0.710. The highest BCUT2D eigenvalue weighted by atomic mass is 19.1. The number of ether oxygens (including phenoxy) is 1. The largest absolute Gasteiger partial charge is 0.441 e. The van der Waals surface area contributed by atoms with Crippen molar-refractivity contribution in [2.45, 2.75) is 12.5 Å². The molecule has 2 rings (SSSR count). The average molecular weight is 209 g/mol. The molecule has 0 spiro atoms. The molecule has 0 N–H and O–H groups in total. The lowest BCUT2D eigenvalue weighted by Gasteiger charge is -2.29. The monoisotopic (exact) mass is 209 g/mol. The molecular formula is C11H12FNO2. The molecule has 0 aromatic heterocycles. The summed E-state index contributed by atoms with van der Waals surface area (Å²) in [6, 6.07) is 6.39. The molecule has 3 nitrogen and oxygen atoms in total. The van der Waals surface area contributed by atoms with Crippen molar-refractivity contribution in [1.29, 1.82) is 0 Å². The van der Waals surface area contributed by atoms with Gasteiger partial charge in [-0.05, 0) is 6.07 Å². The van der Waals surface area contributed by atoms with Gasteiger partial charge >= 0.3 is 6.09 Å². The first kappa shape index (κ1) is 9.96. The standard InChI is InChI=1S/C11H12FNO2/c1-13-7-6-10(15-11(13)14)8-4-2-3-5-9(8)12/h2-5,10H,6-7H2,1H3/t10-/m0/s1. The highest BCUT2D eigenvalue weighted by Gasteiger charge is 2.27. The predicted octanol–water partition coefficient (Wildman–Crippen LogP) is 2.34. The molecule has 1 fully saturated rings. The molecule has 1 heterocycles. The number of carbonyl (C=O) groups excluding carboxylic acids is 1. The van der Waals surface area contributed by atoms with Gasteiger partial charge in [-0.25, -0.2) is 9.18 Å². The van der Waals surface area contributed by atoms with Crippen LogP contribution in [0.1, 0.15) is 18.1 Å². The molecule has 0 saturated carbocycles. The van der Waals surface area contributed by atoms with Crippen molar-refractivity contribution in [2.24, 2.45) is 0 Å². The number of rotatable bonds is 1. The van der Waals surface area contributed by atoms with Gasteiger partial charge in [0.05, 0.1) is 0 Å². The summed E-state index contributed by atoms with van der Waals surface area (Å²) in [6.45, 7) is 0.595. The van der Waals surface area contributed by atoms with Gasteiger partial charge in [0.25, 0.3) is 0 Å². The average Bonchev–Trinajstić information content (AvgIpc) is 2.23. The van der Waals surface area contributed by atoms with E-state index in [0.29, 0.717) is 18.5 Å². The minimum absolute atomic E-state index is 0.320. The van der Waals surface area contributed by atoms with Crippen LogP contribution in [0.15, 0.2) is 24.3 Å². The smallest absolute Gasteiger partial charge is 0.410 e. The number of nitrogens with zero attached hydrogens (tertiary/aromatic N) is 1. The third-order valence-corrected chi connectivity index (χ3v) is 2.53. The van der Waals surface area contributed by atoms with Crippen molar-refractivity contribution in [3.63, 3.8) is 0 Å². The minimum atomic E-state index is -0.449. The fraction of sp³-hybridized carbons (Fsp3) is 0.364. The SMILES string of the molecule is CN1CC[C@@H](c2ccccc2F)OC1=O. The van der Waals surface area contributed by atoms with Crippen LogP contribution in [0.3, 0.4) is 0 Å². The van der Waals surface area contributed by atoms with Crippen LogP contribution in [0, 0.1) is 5.82 Å². The molecule has 1 saturated heterocycles. The Bertz CT molecular complexity index is 381. The molecule has 0 aliphatic carbocycles. The van der Waals surface area contributed by atoms with Crippen LogP contribution in [0.25, 0.3) is 0 Å². The second kappa shape index (κ2) is 3.88. The number of cyclic esters (lactones) is 1. The van der Waals surface area contributed by atoms with Gasteiger partial charge in [0.2, 0.25) is 0 Å².